The summed E-state index contributed by atoms with van der Waals surface area (Å²) < 4.78 is 8.00. The summed E-state index contributed by atoms with van der Waals surface area (Å²) in [5.41, 5.74) is 5.10. The van der Waals surface area contributed by atoms with E-state index in [-0.39, 0.29) is 12.3 Å². The summed E-state index contributed by atoms with van der Waals surface area (Å²) in [6.45, 7) is 7.36. The zero-order chi connectivity index (χ0) is 21.1. The molecule has 0 bridgehead atoms. The molecule has 2 aromatic heterocycles. The Hall–Kier alpha value is -2.74. The van der Waals surface area contributed by atoms with E-state index < -0.39 is 12.1 Å². The third-order valence-electron chi connectivity index (χ3n) is 4.65. The number of aromatic nitrogens is 3. The van der Waals surface area contributed by atoms with Crippen LogP contribution in [0, 0.1) is 20.8 Å². The Morgan fingerprint density at radius 1 is 1.21 bits per heavy atom. The van der Waals surface area contributed by atoms with Crippen LogP contribution in [0.2, 0.25) is 0 Å². The minimum absolute atomic E-state index is 0.158. The van der Waals surface area contributed by atoms with E-state index in [9.17, 15) is 9.59 Å². The first kappa shape index (κ1) is 21.0. The van der Waals surface area contributed by atoms with E-state index in [1.54, 1.807) is 23.6 Å². The highest BCUT2D eigenvalue weighted by Gasteiger charge is 2.19. The summed E-state index contributed by atoms with van der Waals surface area (Å²) in [4.78, 5) is 29.1. The summed E-state index contributed by atoms with van der Waals surface area (Å²) in [5, 5.41) is 7.17. The van der Waals surface area contributed by atoms with E-state index in [1.807, 2.05) is 39.0 Å². The Balaban J connectivity index is 1.58. The molecule has 3 rings (SSSR count). The Morgan fingerprint density at radius 3 is 2.59 bits per heavy atom. The number of nitrogens with zero attached hydrogens (tertiary/aromatic N) is 3. The van der Waals surface area contributed by atoms with Gasteiger partial charge in [-0.1, -0.05) is 15.9 Å². The van der Waals surface area contributed by atoms with E-state index >= 15 is 0 Å². The van der Waals surface area contributed by atoms with Gasteiger partial charge in [-0.15, -0.1) is 0 Å². The quantitative estimate of drug-likeness (QED) is 0.565. The van der Waals surface area contributed by atoms with Gasteiger partial charge in [-0.25, -0.2) is 9.50 Å². The van der Waals surface area contributed by atoms with Crippen molar-refractivity contribution in [3.05, 3.63) is 57.4 Å². The molecule has 1 aromatic carbocycles. The van der Waals surface area contributed by atoms with Gasteiger partial charge in [0.05, 0.1) is 5.69 Å². The molecule has 7 nitrogen and oxygen atoms in total. The number of carbonyl (C=O) groups excluding carboxylic acids is 2. The number of halogens is 1. The molecule has 0 saturated heterocycles. The maximum Gasteiger partial charge on any atom is 0.306 e. The predicted molar refractivity (Wildman–Crippen MR) is 114 cm³/mol. The van der Waals surface area contributed by atoms with Crippen molar-refractivity contribution < 1.29 is 14.3 Å². The van der Waals surface area contributed by atoms with Crippen LogP contribution in [0.3, 0.4) is 0 Å². The minimum atomic E-state index is -0.886. The molecule has 0 fully saturated rings. The lowest BCUT2D eigenvalue weighted by Gasteiger charge is -2.14. The van der Waals surface area contributed by atoms with Crippen molar-refractivity contribution in [2.45, 2.75) is 46.6 Å². The number of esters is 1. The average Bonchev–Trinajstić information content (AvgIpc) is 3.03. The van der Waals surface area contributed by atoms with Crippen LogP contribution in [-0.2, 0) is 20.7 Å². The molecule has 1 unspecified atom stereocenters. The third kappa shape index (κ3) is 5.00. The molecular weight excluding hydrogens is 436 g/mol. The lowest BCUT2D eigenvalue weighted by Crippen LogP contribution is -2.30. The van der Waals surface area contributed by atoms with Gasteiger partial charge < -0.3 is 10.1 Å². The highest BCUT2D eigenvalue weighted by Crippen LogP contribution is 2.18. The van der Waals surface area contributed by atoms with Crippen LogP contribution in [0.15, 0.2) is 34.8 Å². The molecule has 0 saturated carbocycles. The summed E-state index contributed by atoms with van der Waals surface area (Å²) in [6, 6.07) is 9.10. The molecule has 8 heteroatoms. The van der Waals surface area contributed by atoms with Crippen molar-refractivity contribution in [2.75, 3.05) is 5.32 Å². The van der Waals surface area contributed by atoms with E-state index in [4.69, 9.17) is 4.74 Å². The number of rotatable bonds is 6. The number of hydrogen-bond acceptors (Lipinski definition) is 5. The van der Waals surface area contributed by atoms with Crippen molar-refractivity contribution in [3.8, 4) is 0 Å². The first-order valence-electron chi connectivity index (χ1n) is 9.33. The topological polar surface area (TPSA) is 85.6 Å². The second kappa shape index (κ2) is 8.73. The van der Waals surface area contributed by atoms with Crippen LogP contribution in [0.25, 0.3) is 5.65 Å². The number of nitrogens with one attached hydrogen (secondary N) is 1. The van der Waals surface area contributed by atoms with Crippen molar-refractivity contribution in [3.63, 3.8) is 0 Å². The summed E-state index contributed by atoms with van der Waals surface area (Å²) in [6.07, 6.45) is -0.257. The number of anilines is 1. The molecule has 3 aromatic rings. The molecule has 0 aliphatic carbocycles. The zero-order valence-electron chi connectivity index (χ0n) is 16.8. The largest absolute Gasteiger partial charge is 0.453 e. The number of amides is 1. The molecule has 152 valence electrons. The lowest BCUT2D eigenvalue weighted by atomic mass is 10.1. The van der Waals surface area contributed by atoms with Crippen LogP contribution in [0.5, 0.6) is 0 Å². The molecule has 1 N–H and O–H groups in total. The first-order chi connectivity index (χ1) is 13.7. The summed E-state index contributed by atoms with van der Waals surface area (Å²) in [5.74, 6) is -0.804. The van der Waals surface area contributed by atoms with Gasteiger partial charge in [-0.2, -0.15) is 5.10 Å². The van der Waals surface area contributed by atoms with E-state index in [1.165, 1.54) is 0 Å². The first-order valence-corrected chi connectivity index (χ1v) is 10.1. The molecule has 0 aliphatic heterocycles. The summed E-state index contributed by atoms with van der Waals surface area (Å²) >= 11 is 3.34. The van der Waals surface area contributed by atoms with Crippen molar-refractivity contribution >= 4 is 39.1 Å². The number of carbonyl (C=O) groups is 2. The lowest BCUT2D eigenvalue weighted by molar-refractivity contribution is -0.153. The fourth-order valence-electron chi connectivity index (χ4n) is 3.12. The van der Waals surface area contributed by atoms with Crippen LogP contribution in [-0.4, -0.2) is 32.6 Å². The molecule has 1 amide bonds. The van der Waals surface area contributed by atoms with Gasteiger partial charge >= 0.3 is 5.97 Å². The highest BCUT2D eigenvalue weighted by molar-refractivity contribution is 9.10. The smallest absolute Gasteiger partial charge is 0.306 e. The Morgan fingerprint density at radius 2 is 1.90 bits per heavy atom. The van der Waals surface area contributed by atoms with E-state index in [2.05, 4.69) is 31.3 Å². The number of hydrogen-bond donors (Lipinski definition) is 1. The number of ether oxygens (including phenoxy) is 1. The molecule has 1 atom stereocenters. The number of fused-ring (bicyclic) bond motifs is 1. The molecule has 0 aliphatic rings. The van der Waals surface area contributed by atoms with Gasteiger partial charge in [0, 0.05) is 34.0 Å². The van der Waals surface area contributed by atoms with Crippen molar-refractivity contribution in [1.82, 2.24) is 14.6 Å². The van der Waals surface area contributed by atoms with Gasteiger partial charge in [0.25, 0.3) is 5.91 Å². The maximum absolute atomic E-state index is 12.3. The third-order valence-corrected chi connectivity index (χ3v) is 5.18. The standard InChI is InChI=1S/C21H23BrN4O3/c1-12-11-19-23-13(2)18(14(3)26(19)25-12)9-10-20(27)29-15(4)21(28)24-17-7-5-16(22)6-8-17/h5-8,11,15H,9-10H2,1-4H3,(H,24,28). The number of benzene rings is 1. The van der Waals surface area contributed by atoms with Crippen LogP contribution >= 0.6 is 15.9 Å². The molecular formula is C21H23BrN4O3. The second-order valence-corrected chi connectivity index (χ2v) is 7.86. The monoisotopic (exact) mass is 458 g/mol. The van der Waals surface area contributed by atoms with Gasteiger partial charge in [0.1, 0.15) is 0 Å². The average molecular weight is 459 g/mol. The Bertz CT molecular complexity index is 1060. The van der Waals surface area contributed by atoms with Gasteiger partial charge in [-0.3, -0.25) is 9.59 Å². The van der Waals surface area contributed by atoms with Crippen molar-refractivity contribution in [1.29, 1.82) is 0 Å². The molecule has 2 heterocycles. The minimum Gasteiger partial charge on any atom is -0.453 e. The molecule has 29 heavy (non-hydrogen) atoms. The fraction of sp³-hybridized carbons (Fsp3) is 0.333. The Labute approximate surface area is 177 Å². The van der Waals surface area contributed by atoms with Crippen molar-refractivity contribution in [2.24, 2.45) is 0 Å². The normalized spacial score (nSPS) is 12.0. The number of aryl methyl sites for hydroxylation is 3. The van der Waals surface area contributed by atoms with Crippen LogP contribution in [0.1, 0.15) is 36.0 Å². The fourth-order valence-corrected chi connectivity index (χ4v) is 3.38. The second-order valence-electron chi connectivity index (χ2n) is 6.95. The van der Waals surface area contributed by atoms with Gasteiger partial charge in [0.2, 0.25) is 0 Å². The van der Waals surface area contributed by atoms with Crippen LogP contribution < -0.4 is 5.32 Å². The highest BCUT2D eigenvalue weighted by atomic mass is 79.9. The molecule has 0 radical (unpaired) electrons. The maximum atomic E-state index is 12.3. The van der Waals surface area contributed by atoms with Crippen LogP contribution in [0.4, 0.5) is 5.69 Å². The SMILES string of the molecule is Cc1cc2nc(C)c(CCC(=O)OC(C)C(=O)Nc3ccc(Br)cc3)c(C)n2n1. The summed E-state index contributed by atoms with van der Waals surface area (Å²) in [7, 11) is 0. The van der Waals surface area contributed by atoms with Gasteiger partial charge in [0.15, 0.2) is 11.8 Å². The van der Waals surface area contributed by atoms with E-state index in [0.29, 0.717) is 12.1 Å². The predicted octanol–water partition coefficient (Wildman–Crippen LogP) is 3.92. The van der Waals surface area contributed by atoms with E-state index in [0.717, 1.165) is 32.8 Å². The molecule has 0 spiro atoms. The Kier molecular flexibility index (Phi) is 6.32. The zero-order valence-corrected chi connectivity index (χ0v) is 18.4. The van der Waals surface area contributed by atoms with Gasteiger partial charge in [-0.05, 0) is 63.9 Å².